The van der Waals surface area contributed by atoms with E-state index in [-0.39, 0.29) is 36.0 Å². The number of ether oxygens (including phenoxy) is 1. The summed E-state index contributed by atoms with van der Waals surface area (Å²) < 4.78 is 57.9. The van der Waals surface area contributed by atoms with Crippen molar-refractivity contribution < 1.29 is 31.9 Å². The summed E-state index contributed by atoms with van der Waals surface area (Å²) in [5.41, 5.74) is 6.02. The number of hydrogen-bond donors (Lipinski definition) is 1. The van der Waals surface area contributed by atoms with Gasteiger partial charge < -0.3 is 15.4 Å². The van der Waals surface area contributed by atoms with Crippen molar-refractivity contribution in [1.82, 2.24) is 4.90 Å². The first-order chi connectivity index (χ1) is 17.0. The maximum Gasteiger partial charge on any atom is 0.404 e. The SMILES string of the molecule is C[C@H](c1ccc(C(=O)N(C2CC2)[C@H]2CC[C@](COC(N)=O)(c3ccc(F)cc3)CC2)cc1)C(F)(F)F. The second-order valence-corrected chi connectivity index (χ2v) is 9.96. The Labute approximate surface area is 207 Å². The third kappa shape index (κ3) is 5.65. The van der Waals surface area contributed by atoms with Crippen molar-refractivity contribution >= 4 is 12.0 Å². The number of carbonyl (C=O) groups is 2. The highest BCUT2D eigenvalue weighted by Crippen LogP contribution is 2.44. The van der Waals surface area contributed by atoms with Crippen molar-refractivity contribution in [3.63, 3.8) is 0 Å². The summed E-state index contributed by atoms with van der Waals surface area (Å²) in [4.78, 5) is 26.7. The van der Waals surface area contributed by atoms with Crippen molar-refractivity contribution in [1.29, 1.82) is 0 Å². The van der Waals surface area contributed by atoms with E-state index in [9.17, 15) is 27.2 Å². The van der Waals surface area contributed by atoms with Gasteiger partial charge in [0.2, 0.25) is 0 Å². The van der Waals surface area contributed by atoms with Gasteiger partial charge in [-0.3, -0.25) is 4.79 Å². The number of amides is 2. The van der Waals surface area contributed by atoms with Crippen molar-refractivity contribution in [3.8, 4) is 0 Å². The predicted octanol–water partition coefficient (Wildman–Crippen LogP) is 6.07. The van der Waals surface area contributed by atoms with Gasteiger partial charge in [0.05, 0.1) is 5.92 Å². The van der Waals surface area contributed by atoms with E-state index in [0.717, 1.165) is 25.3 Å². The summed E-state index contributed by atoms with van der Waals surface area (Å²) in [6.45, 7) is 1.17. The minimum Gasteiger partial charge on any atom is -0.449 e. The first kappa shape index (κ1) is 26.0. The molecule has 194 valence electrons. The summed E-state index contributed by atoms with van der Waals surface area (Å²) >= 11 is 0. The van der Waals surface area contributed by atoms with Gasteiger partial charge >= 0.3 is 12.3 Å². The lowest BCUT2D eigenvalue weighted by Crippen LogP contribution is -2.48. The number of nitrogens with zero attached hydrogens (tertiary/aromatic N) is 1. The molecule has 2 aromatic carbocycles. The number of benzene rings is 2. The van der Waals surface area contributed by atoms with Gasteiger partial charge in [-0.2, -0.15) is 13.2 Å². The molecule has 0 saturated heterocycles. The van der Waals surface area contributed by atoms with Crippen LogP contribution in [0.3, 0.4) is 0 Å². The first-order valence-electron chi connectivity index (χ1n) is 12.2. The summed E-state index contributed by atoms with van der Waals surface area (Å²) in [5, 5.41) is 0. The molecule has 0 spiro atoms. The maximum atomic E-state index is 13.5. The average Bonchev–Trinajstić information content (AvgIpc) is 3.68. The van der Waals surface area contributed by atoms with Gasteiger partial charge in [0.1, 0.15) is 12.4 Å². The number of nitrogens with two attached hydrogens (primary N) is 1. The van der Waals surface area contributed by atoms with Crippen LogP contribution in [0, 0.1) is 5.82 Å². The zero-order valence-corrected chi connectivity index (χ0v) is 20.1. The zero-order valence-electron chi connectivity index (χ0n) is 20.1. The van der Waals surface area contributed by atoms with Crippen molar-refractivity contribution in [2.45, 2.75) is 75.0 Å². The van der Waals surface area contributed by atoms with E-state index in [1.807, 2.05) is 4.90 Å². The molecule has 0 bridgehead atoms. The molecular weight excluding hydrogens is 476 g/mol. The fourth-order valence-electron chi connectivity index (χ4n) is 5.20. The quantitative estimate of drug-likeness (QED) is 0.463. The van der Waals surface area contributed by atoms with Gasteiger partial charge in [0, 0.05) is 23.1 Å². The van der Waals surface area contributed by atoms with Crippen LogP contribution in [0.2, 0.25) is 0 Å². The number of alkyl halides is 3. The molecule has 36 heavy (non-hydrogen) atoms. The van der Waals surface area contributed by atoms with Gasteiger partial charge in [-0.25, -0.2) is 9.18 Å². The second-order valence-electron chi connectivity index (χ2n) is 9.96. The van der Waals surface area contributed by atoms with Crippen LogP contribution in [0.5, 0.6) is 0 Å². The van der Waals surface area contributed by atoms with Crippen LogP contribution < -0.4 is 5.73 Å². The smallest absolute Gasteiger partial charge is 0.404 e. The Morgan fingerprint density at radius 3 is 2.06 bits per heavy atom. The second kappa shape index (κ2) is 10.1. The van der Waals surface area contributed by atoms with Crippen LogP contribution >= 0.6 is 0 Å². The molecule has 0 aliphatic heterocycles. The molecule has 2 aromatic rings. The van der Waals surface area contributed by atoms with E-state index in [2.05, 4.69) is 0 Å². The third-order valence-corrected chi connectivity index (χ3v) is 7.58. The number of halogens is 4. The fourth-order valence-corrected chi connectivity index (χ4v) is 5.20. The summed E-state index contributed by atoms with van der Waals surface area (Å²) in [6, 6.07) is 11.9. The molecule has 0 unspecified atom stereocenters. The largest absolute Gasteiger partial charge is 0.449 e. The Hall–Kier alpha value is -3.10. The normalized spacial score (nSPS) is 23.1. The van der Waals surface area contributed by atoms with Gasteiger partial charge in [-0.1, -0.05) is 24.3 Å². The molecule has 2 fully saturated rings. The van der Waals surface area contributed by atoms with Crippen molar-refractivity contribution in [2.75, 3.05) is 6.61 Å². The first-order valence-corrected chi connectivity index (χ1v) is 12.2. The maximum absolute atomic E-state index is 13.5. The lowest BCUT2D eigenvalue weighted by molar-refractivity contribution is -0.146. The van der Waals surface area contributed by atoms with E-state index in [1.165, 1.54) is 36.4 Å². The number of hydrogen-bond acceptors (Lipinski definition) is 3. The average molecular weight is 507 g/mol. The molecule has 4 rings (SSSR count). The minimum absolute atomic E-state index is 0.0547. The van der Waals surface area contributed by atoms with Gasteiger partial charge in [0.15, 0.2) is 0 Å². The third-order valence-electron chi connectivity index (χ3n) is 7.58. The lowest BCUT2D eigenvalue weighted by Gasteiger charge is -2.43. The summed E-state index contributed by atoms with van der Waals surface area (Å²) in [7, 11) is 0. The van der Waals surface area contributed by atoms with E-state index in [4.69, 9.17) is 10.5 Å². The highest BCUT2D eigenvalue weighted by atomic mass is 19.4. The zero-order chi connectivity index (χ0) is 26.1. The molecule has 9 heteroatoms. The monoisotopic (exact) mass is 506 g/mol. The standard InChI is InChI=1S/C27H30F4N2O3/c1-17(27(29,30)31)18-2-4-19(5-3-18)24(34)33(22-10-11-22)23-12-14-26(15-13-23,16-36-25(32)35)20-6-8-21(28)9-7-20/h2-9,17,22-23H,10-16H2,1H3,(H2,32,35)/t17-,23-,26-/m1/s1. The highest BCUT2D eigenvalue weighted by Gasteiger charge is 2.44. The van der Waals surface area contributed by atoms with Gasteiger partial charge in [0.25, 0.3) is 5.91 Å². The Morgan fingerprint density at radius 2 is 1.56 bits per heavy atom. The molecule has 0 radical (unpaired) electrons. The Kier molecular flexibility index (Phi) is 7.29. The van der Waals surface area contributed by atoms with E-state index >= 15 is 0 Å². The van der Waals surface area contributed by atoms with E-state index < -0.39 is 23.6 Å². The molecule has 0 heterocycles. The molecule has 0 aromatic heterocycles. The predicted molar refractivity (Wildman–Crippen MR) is 126 cm³/mol. The van der Waals surface area contributed by atoms with Crippen LogP contribution in [0.15, 0.2) is 48.5 Å². The van der Waals surface area contributed by atoms with Crippen LogP contribution in [0.4, 0.5) is 22.4 Å². The van der Waals surface area contributed by atoms with Crippen molar-refractivity contribution in [3.05, 3.63) is 71.0 Å². The van der Waals surface area contributed by atoms with Crippen LogP contribution in [-0.4, -0.2) is 41.8 Å². The summed E-state index contributed by atoms with van der Waals surface area (Å²) in [6.07, 6.45) is -0.946. The van der Waals surface area contributed by atoms with E-state index in [0.29, 0.717) is 31.2 Å². The van der Waals surface area contributed by atoms with Crippen LogP contribution in [-0.2, 0) is 10.2 Å². The van der Waals surface area contributed by atoms with Gasteiger partial charge in [-0.05, 0) is 80.8 Å². The minimum atomic E-state index is -4.34. The topological polar surface area (TPSA) is 72.6 Å². The number of primary amides is 1. The number of carbonyl (C=O) groups excluding carboxylic acids is 2. The molecule has 5 nitrogen and oxygen atoms in total. The molecule has 2 aliphatic rings. The Bertz CT molecular complexity index is 1070. The molecular formula is C27H30F4N2O3. The van der Waals surface area contributed by atoms with Crippen LogP contribution in [0.25, 0.3) is 0 Å². The number of rotatable bonds is 7. The Balaban J connectivity index is 1.50. The Morgan fingerprint density at radius 1 is 1.00 bits per heavy atom. The van der Waals surface area contributed by atoms with Crippen molar-refractivity contribution in [2.24, 2.45) is 5.73 Å². The molecule has 2 amide bonds. The molecule has 2 N–H and O–H groups in total. The van der Waals surface area contributed by atoms with Gasteiger partial charge in [-0.15, -0.1) is 0 Å². The molecule has 2 aliphatic carbocycles. The highest BCUT2D eigenvalue weighted by molar-refractivity contribution is 5.95. The van der Waals surface area contributed by atoms with E-state index in [1.54, 1.807) is 12.1 Å². The fraction of sp³-hybridized carbons (Fsp3) is 0.481. The van der Waals surface area contributed by atoms with Crippen LogP contribution in [0.1, 0.15) is 72.9 Å². The lowest BCUT2D eigenvalue weighted by atomic mass is 9.68. The molecule has 1 atom stereocenters. The molecule has 2 saturated carbocycles. The summed E-state index contributed by atoms with van der Waals surface area (Å²) in [5.74, 6) is -2.15.